The molecule has 1 aromatic heterocycles. The highest BCUT2D eigenvalue weighted by atomic mass is 16.5. The lowest BCUT2D eigenvalue weighted by molar-refractivity contribution is -0.0614. The van der Waals surface area contributed by atoms with Gasteiger partial charge < -0.3 is 9.84 Å². The van der Waals surface area contributed by atoms with Crippen LogP contribution in [0.2, 0.25) is 0 Å². The Morgan fingerprint density at radius 1 is 1.05 bits per heavy atom. The third-order valence-electron chi connectivity index (χ3n) is 12.6. The van der Waals surface area contributed by atoms with Crippen LogP contribution in [0.3, 0.4) is 0 Å². The third-order valence-corrected chi connectivity index (χ3v) is 12.6. The zero-order chi connectivity index (χ0) is 29.5. The van der Waals surface area contributed by atoms with E-state index in [0.717, 1.165) is 59.4 Å². The number of rotatable bonds is 9. The minimum Gasteiger partial charge on any atom is -0.506 e. The first-order valence-corrected chi connectivity index (χ1v) is 17.1. The van der Waals surface area contributed by atoms with Crippen LogP contribution in [0.15, 0.2) is 47.1 Å². The van der Waals surface area contributed by atoms with E-state index in [1.807, 2.05) is 24.4 Å². The molecule has 228 valence electrons. The van der Waals surface area contributed by atoms with Crippen LogP contribution in [0.1, 0.15) is 105 Å². The van der Waals surface area contributed by atoms with E-state index in [0.29, 0.717) is 23.0 Å². The first kappa shape index (κ1) is 29.9. The van der Waals surface area contributed by atoms with E-state index < -0.39 is 0 Å². The van der Waals surface area contributed by atoms with Crippen LogP contribution >= 0.6 is 0 Å². The Bertz CT molecular complexity index is 1320. The maximum absolute atomic E-state index is 10.1. The van der Waals surface area contributed by atoms with Crippen molar-refractivity contribution in [3.63, 3.8) is 0 Å². The van der Waals surface area contributed by atoms with E-state index in [1.165, 1.54) is 57.8 Å². The molecule has 8 atom stereocenters. The topological polar surface area (TPSA) is 54.7 Å². The van der Waals surface area contributed by atoms with Gasteiger partial charge in [0.15, 0.2) is 0 Å². The number of phenolic OH excluding ortho intramolecular Hbond substituents is 1. The summed E-state index contributed by atoms with van der Waals surface area (Å²) in [6.45, 7) is 13.2. The van der Waals surface area contributed by atoms with Gasteiger partial charge in [-0.25, -0.2) is 0 Å². The number of allylic oxidation sites excluding steroid dienone is 1. The van der Waals surface area contributed by atoms with Gasteiger partial charge in [-0.1, -0.05) is 65.5 Å². The number of aromatic nitrogens is 1. The van der Waals surface area contributed by atoms with Crippen molar-refractivity contribution < 1.29 is 9.84 Å². The average Bonchev–Trinajstić information content (AvgIpc) is 3.33. The number of aliphatic imine (C=N–C) groups is 1. The molecule has 0 bridgehead atoms. The molecule has 3 saturated carbocycles. The van der Waals surface area contributed by atoms with Crippen LogP contribution in [0.4, 0.5) is 5.69 Å². The smallest absolute Gasteiger partial charge is 0.141 e. The highest BCUT2D eigenvalue weighted by molar-refractivity contribution is 5.94. The normalized spacial score (nSPS) is 35.2. The Morgan fingerprint density at radius 3 is 2.74 bits per heavy atom. The molecule has 4 nitrogen and oxygen atoms in total. The molecule has 3 fully saturated rings. The highest BCUT2D eigenvalue weighted by Gasteiger charge is 2.59. The van der Waals surface area contributed by atoms with Crippen molar-refractivity contribution in [2.24, 2.45) is 51.3 Å². The fourth-order valence-corrected chi connectivity index (χ4v) is 10.4. The lowest BCUT2D eigenvalue weighted by Crippen LogP contribution is -2.51. The van der Waals surface area contributed by atoms with E-state index in [2.05, 4.69) is 50.7 Å². The largest absolute Gasteiger partial charge is 0.506 e. The van der Waals surface area contributed by atoms with Crippen LogP contribution in [0.5, 0.6) is 5.75 Å². The summed E-state index contributed by atoms with van der Waals surface area (Å²) in [5.74, 6) is 5.47. The van der Waals surface area contributed by atoms with Crippen molar-refractivity contribution in [1.29, 1.82) is 0 Å². The van der Waals surface area contributed by atoms with Gasteiger partial charge in [0.2, 0.25) is 0 Å². The number of pyridine rings is 1. The molecule has 0 saturated heterocycles. The van der Waals surface area contributed by atoms with Gasteiger partial charge in [-0.2, -0.15) is 0 Å². The molecule has 42 heavy (non-hydrogen) atoms. The molecule has 0 radical (unpaired) electrons. The fourth-order valence-electron chi connectivity index (χ4n) is 10.4. The minimum atomic E-state index is 0.191. The van der Waals surface area contributed by atoms with Gasteiger partial charge in [0.05, 0.1) is 18.4 Å². The van der Waals surface area contributed by atoms with Crippen LogP contribution in [0, 0.1) is 46.3 Å². The summed E-state index contributed by atoms with van der Waals surface area (Å²) < 4.78 is 6.39. The second-order valence-corrected chi connectivity index (χ2v) is 15.3. The van der Waals surface area contributed by atoms with Gasteiger partial charge in [0, 0.05) is 17.8 Å². The molecule has 0 amide bonds. The molecule has 0 spiro atoms. The van der Waals surface area contributed by atoms with Crippen LogP contribution in [-0.4, -0.2) is 29.0 Å². The molecule has 0 aliphatic heterocycles. The lowest BCUT2D eigenvalue weighted by atomic mass is 9.47. The van der Waals surface area contributed by atoms with Crippen molar-refractivity contribution in [2.45, 2.75) is 111 Å². The van der Waals surface area contributed by atoms with E-state index >= 15 is 0 Å². The summed E-state index contributed by atoms with van der Waals surface area (Å²) >= 11 is 0. The first-order chi connectivity index (χ1) is 20.2. The Kier molecular flexibility index (Phi) is 8.57. The molecular weight excluding hydrogens is 516 g/mol. The predicted molar refractivity (Wildman–Crippen MR) is 174 cm³/mol. The molecule has 4 unspecified atom stereocenters. The summed E-state index contributed by atoms with van der Waals surface area (Å²) in [6.07, 6.45) is 21.3. The molecule has 4 aliphatic carbocycles. The van der Waals surface area contributed by atoms with Crippen molar-refractivity contribution >= 4 is 22.8 Å². The van der Waals surface area contributed by atoms with E-state index in [1.54, 1.807) is 17.8 Å². The molecule has 4 aliphatic rings. The lowest BCUT2D eigenvalue weighted by Gasteiger charge is -2.58. The Morgan fingerprint density at radius 2 is 1.90 bits per heavy atom. The Labute approximate surface area is 254 Å². The van der Waals surface area contributed by atoms with Crippen LogP contribution in [-0.2, 0) is 4.74 Å². The number of benzene rings is 1. The number of aromatic hydroxyl groups is 1. The molecule has 1 heterocycles. The molecular formula is C38H54N2O2. The number of nitrogens with zero attached hydrogens (tertiary/aromatic N) is 2. The number of phenols is 1. The van der Waals surface area contributed by atoms with Crippen molar-refractivity contribution in [3.05, 3.63) is 42.1 Å². The monoisotopic (exact) mass is 570 g/mol. The van der Waals surface area contributed by atoms with Gasteiger partial charge >= 0.3 is 0 Å². The summed E-state index contributed by atoms with van der Waals surface area (Å²) in [5.41, 5.74) is 4.01. The maximum atomic E-state index is 10.1. The second kappa shape index (κ2) is 12.1. The van der Waals surface area contributed by atoms with Gasteiger partial charge in [0.1, 0.15) is 11.3 Å². The molecule has 1 aromatic carbocycles. The zero-order valence-corrected chi connectivity index (χ0v) is 26.8. The predicted octanol–water partition coefficient (Wildman–Crippen LogP) is 10.1. The number of ether oxygens (including phenoxy) is 1. The van der Waals surface area contributed by atoms with Crippen LogP contribution in [0.25, 0.3) is 10.9 Å². The summed E-state index contributed by atoms with van der Waals surface area (Å²) in [5, 5.41) is 11.0. The Hall–Kier alpha value is -2.20. The molecule has 2 aromatic rings. The van der Waals surface area contributed by atoms with Crippen molar-refractivity contribution in [1.82, 2.24) is 4.98 Å². The summed E-state index contributed by atoms with van der Waals surface area (Å²) in [7, 11) is 0. The van der Waals surface area contributed by atoms with Gasteiger partial charge in [-0.05, 0) is 122 Å². The standard InChI is InChI=1S/C38H54N2O2/c1-25(2)8-6-9-26(3)31-13-14-32-29-12-11-27-24-28(17-19-37(27,4)33(29)18-20-38(31,32)5)42-23-22-39-34-15-16-35(41)36-30(34)10-7-21-40-36/h7,10-11,15-16,21-22,25-26,28-29,31-33,41H,6,8-9,12-14,17-20,23-24H2,1-5H3/t26-,28+,29?,31?,32?,33?,37+,38-/m1/s1. The quantitative estimate of drug-likeness (QED) is 0.241. The highest BCUT2D eigenvalue weighted by Crippen LogP contribution is 2.67. The number of hydrogen-bond acceptors (Lipinski definition) is 4. The van der Waals surface area contributed by atoms with E-state index in [9.17, 15) is 5.11 Å². The second-order valence-electron chi connectivity index (χ2n) is 15.3. The van der Waals surface area contributed by atoms with Gasteiger partial charge in [-0.3, -0.25) is 9.98 Å². The van der Waals surface area contributed by atoms with Gasteiger partial charge in [-0.15, -0.1) is 0 Å². The third kappa shape index (κ3) is 5.46. The van der Waals surface area contributed by atoms with Gasteiger partial charge in [0.25, 0.3) is 0 Å². The van der Waals surface area contributed by atoms with Crippen molar-refractivity contribution in [3.8, 4) is 5.75 Å². The fraction of sp³-hybridized carbons (Fsp3) is 0.684. The Balaban J connectivity index is 1.07. The SMILES string of the molecule is CC(C)CCC[C@@H](C)C1CCC2C3CC=C4C[C@@H](OCC=Nc5ccc(O)c6ncccc56)CC[C@]4(C)C3CC[C@@]21C. The summed E-state index contributed by atoms with van der Waals surface area (Å²) in [4.78, 5) is 8.98. The molecule has 4 heteroatoms. The molecule has 6 rings (SSSR count). The number of hydrogen-bond donors (Lipinski definition) is 1. The van der Waals surface area contributed by atoms with Crippen LogP contribution < -0.4 is 0 Å². The zero-order valence-electron chi connectivity index (χ0n) is 26.8. The van der Waals surface area contributed by atoms with E-state index in [-0.39, 0.29) is 11.9 Å². The van der Waals surface area contributed by atoms with Crippen molar-refractivity contribution in [2.75, 3.05) is 6.61 Å². The molecule has 1 N–H and O–H groups in total. The maximum Gasteiger partial charge on any atom is 0.141 e. The number of fused-ring (bicyclic) bond motifs is 6. The average molecular weight is 571 g/mol. The summed E-state index contributed by atoms with van der Waals surface area (Å²) in [6, 6.07) is 7.35. The minimum absolute atomic E-state index is 0.191. The first-order valence-electron chi connectivity index (χ1n) is 17.1. The van der Waals surface area contributed by atoms with E-state index in [4.69, 9.17) is 4.74 Å².